The molecule has 1 saturated heterocycles. The Kier molecular flexibility index (Phi) is 3.72. The Morgan fingerprint density at radius 2 is 2.20 bits per heavy atom. The van der Waals surface area contributed by atoms with Crippen LogP contribution in [0.4, 0.5) is 0 Å². The van der Waals surface area contributed by atoms with Crippen LogP contribution in [0.15, 0.2) is 24.3 Å². The lowest BCUT2D eigenvalue weighted by Crippen LogP contribution is -2.34. The van der Waals surface area contributed by atoms with Crippen molar-refractivity contribution in [1.29, 1.82) is 0 Å². The fourth-order valence-corrected chi connectivity index (χ4v) is 1.79. The maximum atomic E-state index is 5.43. The van der Waals surface area contributed by atoms with E-state index in [0.717, 1.165) is 19.8 Å². The maximum Gasteiger partial charge on any atom is 0.0713 e. The minimum atomic E-state index is 0.343. The summed E-state index contributed by atoms with van der Waals surface area (Å²) in [7, 11) is 1.71. The van der Waals surface area contributed by atoms with Gasteiger partial charge in [-0.25, -0.2) is 0 Å². The number of morpholine rings is 1. The number of nitrogens with one attached hydrogen (secondary N) is 1. The van der Waals surface area contributed by atoms with Crippen LogP contribution in [0.5, 0.6) is 0 Å². The molecule has 1 aliphatic heterocycles. The number of benzene rings is 1. The second kappa shape index (κ2) is 5.26. The highest BCUT2D eigenvalue weighted by Crippen LogP contribution is 2.16. The molecule has 0 amide bonds. The van der Waals surface area contributed by atoms with Crippen molar-refractivity contribution < 1.29 is 9.47 Å². The zero-order valence-corrected chi connectivity index (χ0v) is 9.03. The van der Waals surface area contributed by atoms with E-state index in [-0.39, 0.29) is 0 Å². The highest BCUT2D eigenvalue weighted by Gasteiger charge is 2.14. The Labute approximate surface area is 90.4 Å². The fraction of sp³-hybridized carbons (Fsp3) is 0.500. The van der Waals surface area contributed by atoms with Crippen molar-refractivity contribution in [3.05, 3.63) is 35.4 Å². The van der Waals surface area contributed by atoms with Gasteiger partial charge in [0.05, 0.1) is 25.9 Å². The lowest BCUT2D eigenvalue weighted by molar-refractivity contribution is 0.0768. The molecule has 3 heteroatoms. The summed E-state index contributed by atoms with van der Waals surface area (Å²) in [4.78, 5) is 0. The van der Waals surface area contributed by atoms with Crippen molar-refractivity contribution >= 4 is 0 Å². The van der Waals surface area contributed by atoms with Crippen LogP contribution in [0.25, 0.3) is 0 Å². The van der Waals surface area contributed by atoms with Crippen molar-refractivity contribution in [2.24, 2.45) is 0 Å². The number of methoxy groups -OCH3 is 1. The summed E-state index contributed by atoms with van der Waals surface area (Å²) in [6.45, 7) is 3.20. The number of hydrogen-bond acceptors (Lipinski definition) is 3. The summed E-state index contributed by atoms with van der Waals surface area (Å²) in [5.41, 5.74) is 2.49. The van der Waals surface area contributed by atoms with Gasteiger partial charge >= 0.3 is 0 Å². The van der Waals surface area contributed by atoms with Crippen LogP contribution < -0.4 is 5.32 Å². The van der Waals surface area contributed by atoms with Gasteiger partial charge in [0.25, 0.3) is 0 Å². The number of hydrogen-bond donors (Lipinski definition) is 1. The molecule has 1 fully saturated rings. The summed E-state index contributed by atoms with van der Waals surface area (Å²) < 4.78 is 10.5. The molecular formula is C12H17NO2. The van der Waals surface area contributed by atoms with Crippen LogP contribution in [0.1, 0.15) is 17.2 Å². The molecule has 1 heterocycles. The third-order valence-electron chi connectivity index (χ3n) is 2.61. The first-order chi connectivity index (χ1) is 7.40. The van der Waals surface area contributed by atoms with Crippen molar-refractivity contribution in [2.75, 3.05) is 26.9 Å². The predicted octanol–water partition coefficient (Wildman–Crippen LogP) is 1.49. The first-order valence-corrected chi connectivity index (χ1v) is 5.29. The second-order valence-electron chi connectivity index (χ2n) is 3.76. The lowest BCUT2D eigenvalue weighted by Gasteiger charge is -2.24. The molecule has 0 spiro atoms. The van der Waals surface area contributed by atoms with E-state index in [2.05, 4.69) is 29.6 Å². The van der Waals surface area contributed by atoms with Gasteiger partial charge in [0.15, 0.2) is 0 Å². The maximum absolute atomic E-state index is 5.43. The van der Waals surface area contributed by atoms with Crippen LogP contribution in [-0.4, -0.2) is 26.9 Å². The van der Waals surface area contributed by atoms with Crippen molar-refractivity contribution in [3.8, 4) is 0 Å². The van der Waals surface area contributed by atoms with Crippen LogP contribution in [0.2, 0.25) is 0 Å². The first kappa shape index (κ1) is 10.6. The Bertz CT molecular complexity index is 291. The average molecular weight is 207 g/mol. The van der Waals surface area contributed by atoms with Gasteiger partial charge in [0.1, 0.15) is 0 Å². The summed E-state index contributed by atoms with van der Waals surface area (Å²) in [5, 5.41) is 3.43. The molecule has 0 aromatic heterocycles. The van der Waals surface area contributed by atoms with E-state index < -0.39 is 0 Å². The van der Waals surface area contributed by atoms with Crippen LogP contribution in [0.3, 0.4) is 0 Å². The smallest absolute Gasteiger partial charge is 0.0713 e. The van der Waals surface area contributed by atoms with E-state index in [1.54, 1.807) is 7.11 Å². The molecule has 0 radical (unpaired) electrons. The van der Waals surface area contributed by atoms with E-state index in [4.69, 9.17) is 9.47 Å². The minimum Gasteiger partial charge on any atom is -0.380 e. The Morgan fingerprint density at radius 3 is 2.80 bits per heavy atom. The molecule has 0 bridgehead atoms. The second-order valence-corrected chi connectivity index (χ2v) is 3.76. The summed E-state index contributed by atoms with van der Waals surface area (Å²) in [5.74, 6) is 0. The number of rotatable bonds is 3. The highest BCUT2D eigenvalue weighted by molar-refractivity contribution is 5.25. The molecule has 2 rings (SSSR count). The van der Waals surface area contributed by atoms with Gasteiger partial charge in [-0.1, -0.05) is 24.3 Å². The van der Waals surface area contributed by atoms with E-state index in [1.165, 1.54) is 11.1 Å². The summed E-state index contributed by atoms with van der Waals surface area (Å²) in [6.07, 6.45) is 0. The van der Waals surface area contributed by atoms with Crippen molar-refractivity contribution in [3.63, 3.8) is 0 Å². The van der Waals surface area contributed by atoms with Gasteiger partial charge in [0.2, 0.25) is 0 Å². The average Bonchev–Trinajstić information content (AvgIpc) is 2.32. The van der Waals surface area contributed by atoms with Crippen LogP contribution >= 0.6 is 0 Å². The zero-order valence-electron chi connectivity index (χ0n) is 9.03. The molecule has 15 heavy (non-hydrogen) atoms. The Hall–Kier alpha value is -0.900. The molecule has 1 unspecified atom stereocenters. The first-order valence-electron chi connectivity index (χ1n) is 5.29. The van der Waals surface area contributed by atoms with Crippen LogP contribution in [-0.2, 0) is 16.1 Å². The summed E-state index contributed by atoms with van der Waals surface area (Å²) in [6, 6.07) is 8.83. The third-order valence-corrected chi connectivity index (χ3v) is 2.61. The van der Waals surface area contributed by atoms with Gasteiger partial charge in [-0.2, -0.15) is 0 Å². The fourth-order valence-electron chi connectivity index (χ4n) is 1.79. The molecule has 82 valence electrons. The zero-order chi connectivity index (χ0) is 10.5. The molecule has 1 aliphatic rings. The quantitative estimate of drug-likeness (QED) is 0.814. The molecule has 0 saturated carbocycles. The van der Waals surface area contributed by atoms with Crippen molar-refractivity contribution in [1.82, 2.24) is 5.32 Å². The van der Waals surface area contributed by atoms with Crippen LogP contribution in [0, 0.1) is 0 Å². The highest BCUT2D eigenvalue weighted by atomic mass is 16.5. The van der Waals surface area contributed by atoms with Gasteiger partial charge in [-0.3, -0.25) is 0 Å². The standard InChI is InChI=1S/C12H17NO2/c1-14-8-10-2-4-11(5-3-10)12-9-15-7-6-13-12/h2-5,12-13H,6-9H2,1H3. The Morgan fingerprint density at radius 1 is 1.40 bits per heavy atom. The Balaban J connectivity index is 2.02. The minimum absolute atomic E-state index is 0.343. The van der Waals surface area contributed by atoms with E-state index >= 15 is 0 Å². The monoisotopic (exact) mass is 207 g/mol. The van der Waals surface area contributed by atoms with Gasteiger partial charge in [-0.15, -0.1) is 0 Å². The SMILES string of the molecule is COCc1ccc(C2COCCN2)cc1. The van der Waals surface area contributed by atoms with Gasteiger partial charge in [0, 0.05) is 13.7 Å². The van der Waals surface area contributed by atoms with Gasteiger partial charge < -0.3 is 14.8 Å². The van der Waals surface area contributed by atoms with E-state index in [0.29, 0.717) is 12.6 Å². The predicted molar refractivity (Wildman–Crippen MR) is 58.7 cm³/mol. The molecule has 1 N–H and O–H groups in total. The lowest BCUT2D eigenvalue weighted by atomic mass is 10.1. The van der Waals surface area contributed by atoms with E-state index in [9.17, 15) is 0 Å². The molecule has 0 aliphatic carbocycles. The molecule has 1 atom stereocenters. The third kappa shape index (κ3) is 2.78. The van der Waals surface area contributed by atoms with E-state index in [1.807, 2.05) is 0 Å². The molecular weight excluding hydrogens is 190 g/mol. The van der Waals surface area contributed by atoms with Gasteiger partial charge in [-0.05, 0) is 11.1 Å². The molecule has 1 aromatic carbocycles. The molecule has 1 aromatic rings. The normalized spacial score (nSPS) is 21.5. The number of ether oxygens (including phenoxy) is 2. The topological polar surface area (TPSA) is 30.5 Å². The molecule has 3 nitrogen and oxygen atoms in total. The largest absolute Gasteiger partial charge is 0.380 e. The van der Waals surface area contributed by atoms with Crippen molar-refractivity contribution in [2.45, 2.75) is 12.6 Å². The summed E-state index contributed by atoms with van der Waals surface area (Å²) >= 11 is 0.